The lowest BCUT2D eigenvalue weighted by atomic mass is 9.70. The van der Waals surface area contributed by atoms with E-state index >= 15 is 0 Å². The second-order valence-corrected chi connectivity index (χ2v) is 14.4. The zero-order valence-corrected chi connectivity index (χ0v) is 29.0. The lowest BCUT2D eigenvalue weighted by molar-refractivity contribution is -0.141. The number of rotatable bonds is 7. The summed E-state index contributed by atoms with van der Waals surface area (Å²) < 4.78 is 24.5. The summed E-state index contributed by atoms with van der Waals surface area (Å²) in [5, 5.41) is 44.8. The van der Waals surface area contributed by atoms with Gasteiger partial charge in [0.05, 0.1) is 60.6 Å². The molecule has 0 aromatic heterocycles. The number of carbonyl (C=O) groups is 3. The maximum atomic E-state index is 14.2. The number of ether oxygens (including phenoxy) is 4. The molecule has 5 aliphatic rings. The quantitative estimate of drug-likeness (QED) is 0.243. The van der Waals surface area contributed by atoms with E-state index in [1.165, 1.54) is 0 Å². The predicted molar refractivity (Wildman–Crippen MR) is 183 cm³/mol. The lowest BCUT2D eigenvalue weighted by Gasteiger charge is -2.34. The molecule has 0 amide bonds. The number of benzene rings is 2. The van der Waals surface area contributed by atoms with Gasteiger partial charge in [-0.1, -0.05) is 11.6 Å². The number of nitrogens with zero attached hydrogens (tertiary/aromatic N) is 1. The summed E-state index contributed by atoms with van der Waals surface area (Å²) >= 11 is 0. The van der Waals surface area contributed by atoms with Crippen molar-refractivity contribution in [1.82, 2.24) is 0 Å². The molecule has 1 saturated carbocycles. The van der Waals surface area contributed by atoms with Crippen molar-refractivity contribution in [1.29, 1.82) is 0 Å². The van der Waals surface area contributed by atoms with E-state index in [-0.39, 0.29) is 84.9 Å². The van der Waals surface area contributed by atoms with Gasteiger partial charge in [0.15, 0.2) is 6.29 Å². The molecule has 1 aliphatic carbocycles. The van der Waals surface area contributed by atoms with Crippen LogP contribution in [0.25, 0.3) is 11.6 Å². The van der Waals surface area contributed by atoms with Gasteiger partial charge in [0.2, 0.25) is 5.76 Å². The first-order chi connectivity index (χ1) is 24.5. The maximum Gasteiger partial charge on any atom is 0.375 e. The van der Waals surface area contributed by atoms with Crippen LogP contribution in [-0.4, -0.2) is 83.1 Å². The molecule has 4 aliphatic heterocycles. The van der Waals surface area contributed by atoms with Crippen molar-refractivity contribution in [2.24, 2.45) is 16.8 Å². The zero-order valence-electron chi connectivity index (χ0n) is 29.0. The minimum atomic E-state index is -1.30. The van der Waals surface area contributed by atoms with Crippen LogP contribution in [0, 0.1) is 11.8 Å². The summed E-state index contributed by atoms with van der Waals surface area (Å²) in [6, 6.07) is 3.99. The van der Waals surface area contributed by atoms with Crippen molar-refractivity contribution in [3.63, 3.8) is 0 Å². The molecule has 1 fully saturated rings. The smallest absolute Gasteiger partial charge is 0.375 e. The van der Waals surface area contributed by atoms with Crippen LogP contribution in [0.15, 0.2) is 34.0 Å². The van der Waals surface area contributed by atoms with Crippen molar-refractivity contribution in [3.05, 3.63) is 67.4 Å². The SMILES string of the molecule is CCOC(=O)C1=C(C=O)C2=C3CC(CO)C(=O)C(C3)c3cc4c(cc3CCC(CO)COc3c5c(c(CO)c(c32)O1)OC(C(C)(C)O)C5)=NCC=4. The van der Waals surface area contributed by atoms with E-state index in [2.05, 4.69) is 4.99 Å². The number of carbonyl (C=O) groups excluding carboxylic acids is 3. The Balaban J connectivity index is 1.57. The molecule has 12 nitrogen and oxygen atoms in total. The molecule has 0 saturated heterocycles. The zero-order chi connectivity index (χ0) is 36.2. The number of hydrogen-bond donors (Lipinski definition) is 4. The molecule has 4 N–H and O–H groups in total. The van der Waals surface area contributed by atoms with E-state index in [0.29, 0.717) is 47.9 Å². The molecule has 0 spiro atoms. The first-order valence-electron chi connectivity index (χ1n) is 17.6. The fourth-order valence-corrected chi connectivity index (χ4v) is 8.03. The van der Waals surface area contributed by atoms with Gasteiger partial charge in [0, 0.05) is 41.9 Å². The first kappa shape index (κ1) is 35.1. The predicted octanol–water partition coefficient (Wildman–Crippen LogP) is 1.52. The van der Waals surface area contributed by atoms with Crippen molar-refractivity contribution < 1.29 is 53.8 Å². The second-order valence-electron chi connectivity index (χ2n) is 14.4. The van der Waals surface area contributed by atoms with E-state index in [4.69, 9.17) is 18.9 Å². The van der Waals surface area contributed by atoms with Gasteiger partial charge in [0.1, 0.15) is 29.1 Å². The topological polar surface area (TPSA) is 181 Å². The standard InChI is InChI=1S/C39H43NO11/c1-4-48-38(46)37-27(16-43)31-22-9-23(15-42)33(45)25(11-22)24-10-21-7-8-40-29(21)12-20(24)6-5-19(14-41)18-49-35-26-13-30(39(2,3)47)50-34(26)28(17-44)36(51-37)32(31)35/h7,10,12,16,19,23,25,30,41-42,44,47H,4-6,8-9,11,13-15,17-18H2,1-3H3. The number of aliphatic hydroxyl groups excluding tert-OH is 3. The number of ketones is 1. The summed E-state index contributed by atoms with van der Waals surface area (Å²) in [4.78, 5) is 45.5. The largest absolute Gasteiger partial charge is 0.492 e. The second kappa shape index (κ2) is 13.6. The van der Waals surface area contributed by atoms with Crippen molar-refractivity contribution >= 4 is 29.7 Å². The number of Topliss-reactive ketones (excluding diaryl/α,β-unsaturated/α-hetero) is 1. The van der Waals surface area contributed by atoms with E-state index < -0.39 is 42.7 Å². The highest BCUT2D eigenvalue weighted by Gasteiger charge is 2.46. The van der Waals surface area contributed by atoms with Gasteiger partial charge in [0.25, 0.3) is 0 Å². The first-order valence-corrected chi connectivity index (χ1v) is 17.6. The Kier molecular flexibility index (Phi) is 9.38. The number of fused-ring (bicyclic) bond motifs is 7. The van der Waals surface area contributed by atoms with Crippen LogP contribution >= 0.6 is 0 Å². The fraction of sp³-hybridized carbons (Fsp3) is 0.487. The molecular weight excluding hydrogens is 658 g/mol. The van der Waals surface area contributed by atoms with Gasteiger partial charge in [-0.2, -0.15) is 0 Å². The summed E-state index contributed by atoms with van der Waals surface area (Å²) in [5.74, 6) is -2.77. The van der Waals surface area contributed by atoms with Gasteiger partial charge < -0.3 is 39.4 Å². The summed E-state index contributed by atoms with van der Waals surface area (Å²) in [6.45, 7) is 4.19. The molecule has 4 atom stereocenters. The highest BCUT2D eigenvalue weighted by Crippen LogP contribution is 2.57. The molecule has 0 radical (unpaired) electrons. The van der Waals surface area contributed by atoms with E-state index in [9.17, 15) is 34.8 Å². The van der Waals surface area contributed by atoms with Gasteiger partial charge in [-0.3, -0.25) is 14.6 Å². The van der Waals surface area contributed by atoms with Gasteiger partial charge >= 0.3 is 5.97 Å². The number of aliphatic hydroxyl groups is 4. The third kappa shape index (κ3) is 5.97. The highest BCUT2D eigenvalue weighted by molar-refractivity contribution is 6.11. The van der Waals surface area contributed by atoms with Crippen LogP contribution in [0.2, 0.25) is 0 Å². The average molecular weight is 702 g/mol. The van der Waals surface area contributed by atoms with Crippen LogP contribution in [0.4, 0.5) is 0 Å². The Labute approximate surface area is 294 Å². The monoisotopic (exact) mass is 701 g/mol. The molecule has 7 rings (SSSR count). The molecule has 2 aromatic rings. The highest BCUT2D eigenvalue weighted by atomic mass is 16.6. The van der Waals surface area contributed by atoms with Gasteiger partial charge in [-0.25, -0.2) is 4.79 Å². The lowest BCUT2D eigenvalue weighted by Crippen LogP contribution is -2.39. The van der Waals surface area contributed by atoms with Crippen molar-refractivity contribution in [2.75, 3.05) is 33.0 Å². The number of hydrogen-bond acceptors (Lipinski definition) is 12. The minimum Gasteiger partial charge on any atom is -0.492 e. The summed E-state index contributed by atoms with van der Waals surface area (Å²) in [6.07, 6.45) is 3.24. The molecule has 2 bridgehead atoms. The Bertz CT molecular complexity index is 2000. The fourth-order valence-electron chi connectivity index (χ4n) is 8.03. The normalized spacial score (nSPS) is 23.8. The van der Waals surface area contributed by atoms with Crippen LogP contribution in [0.5, 0.6) is 17.2 Å². The molecule has 4 unspecified atom stereocenters. The van der Waals surface area contributed by atoms with Crippen LogP contribution in [0.3, 0.4) is 0 Å². The van der Waals surface area contributed by atoms with E-state index in [0.717, 1.165) is 21.7 Å². The molecule has 2 aromatic carbocycles. The average Bonchev–Trinajstić information content (AvgIpc) is 3.77. The summed E-state index contributed by atoms with van der Waals surface area (Å²) in [5.41, 5.74) is 2.22. The maximum absolute atomic E-state index is 14.2. The van der Waals surface area contributed by atoms with E-state index in [1.807, 2.05) is 18.2 Å². The van der Waals surface area contributed by atoms with Crippen LogP contribution in [-0.2, 0) is 38.6 Å². The van der Waals surface area contributed by atoms with Crippen LogP contribution < -0.4 is 24.8 Å². The van der Waals surface area contributed by atoms with E-state index in [1.54, 1.807) is 20.8 Å². The molecular formula is C39H43NO11. The molecule has 4 heterocycles. The van der Waals surface area contributed by atoms with Gasteiger partial charge in [-0.05, 0) is 74.9 Å². The number of esters is 1. The molecule has 270 valence electrons. The number of aryl methyl sites for hydroxylation is 1. The summed E-state index contributed by atoms with van der Waals surface area (Å²) in [7, 11) is 0. The number of aldehydes is 1. The van der Waals surface area contributed by atoms with Gasteiger partial charge in [-0.15, -0.1) is 0 Å². The van der Waals surface area contributed by atoms with Crippen molar-refractivity contribution in [2.45, 2.75) is 77.1 Å². The third-order valence-electron chi connectivity index (χ3n) is 10.7. The Morgan fingerprint density at radius 3 is 2.59 bits per heavy atom. The minimum absolute atomic E-state index is 0.00546. The molecule has 51 heavy (non-hydrogen) atoms. The Morgan fingerprint density at radius 1 is 1.10 bits per heavy atom. The van der Waals surface area contributed by atoms with Crippen molar-refractivity contribution in [3.8, 4) is 17.2 Å². The number of allylic oxidation sites excluding steroid dienone is 3. The molecule has 12 heteroatoms. The Morgan fingerprint density at radius 2 is 1.90 bits per heavy atom. The van der Waals surface area contributed by atoms with Crippen LogP contribution in [0.1, 0.15) is 73.8 Å². The Hall–Kier alpha value is -4.36. The third-order valence-corrected chi connectivity index (χ3v) is 10.7.